The lowest BCUT2D eigenvalue weighted by Crippen LogP contribution is -2.06. The second-order valence-electron chi connectivity index (χ2n) is 4.86. The normalized spacial score (nSPS) is 14.9. The first-order chi connectivity index (χ1) is 10.4. The summed E-state index contributed by atoms with van der Waals surface area (Å²) in [4.78, 5) is 6.42. The van der Waals surface area contributed by atoms with Crippen molar-refractivity contribution in [1.29, 1.82) is 0 Å². The minimum atomic E-state index is -9.65. The summed E-state index contributed by atoms with van der Waals surface area (Å²) >= 11 is 3.19. The van der Waals surface area contributed by atoms with Crippen LogP contribution in [0, 0.1) is 0 Å². The third-order valence-corrected chi connectivity index (χ3v) is 4.41. The zero-order valence-electron chi connectivity index (χ0n) is 11.9. The van der Waals surface area contributed by atoms with E-state index in [1.165, 1.54) is 6.20 Å². The Bertz CT molecular complexity index is 719. The Kier molecular flexibility index (Phi) is 4.13. The van der Waals surface area contributed by atoms with Crippen LogP contribution in [-0.4, -0.2) is 9.97 Å². The van der Waals surface area contributed by atoms with Crippen molar-refractivity contribution in [2.24, 2.45) is 0 Å². The van der Waals surface area contributed by atoms with E-state index in [-0.39, 0.29) is 5.69 Å². The van der Waals surface area contributed by atoms with Gasteiger partial charge < -0.3 is 5.32 Å². The molecule has 23 heavy (non-hydrogen) atoms. The molecular formula is C13H13BrF5N3S. The van der Waals surface area contributed by atoms with E-state index in [1.807, 2.05) is 6.92 Å². The van der Waals surface area contributed by atoms with Crippen LogP contribution in [0.15, 0.2) is 40.0 Å². The van der Waals surface area contributed by atoms with Gasteiger partial charge in [0.05, 0.1) is 11.9 Å². The van der Waals surface area contributed by atoms with Crippen LogP contribution in [-0.2, 0) is 6.42 Å². The van der Waals surface area contributed by atoms with Gasteiger partial charge in [0.25, 0.3) is 0 Å². The zero-order valence-corrected chi connectivity index (χ0v) is 14.3. The highest BCUT2D eigenvalue weighted by Crippen LogP contribution is 3.02. The van der Waals surface area contributed by atoms with Gasteiger partial charge in [-0.05, 0) is 46.6 Å². The van der Waals surface area contributed by atoms with E-state index in [1.54, 1.807) is 0 Å². The topological polar surface area (TPSA) is 37.8 Å². The molecule has 0 aliphatic carbocycles. The second-order valence-corrected chi connectivity index (χ2v) is 8.08. The molecule has 128 valence electrons. The van der Waals surface area contributed by atoms with Crippen molar-refractivity contribution in [3.05, 3.63) is 40.8 Å². The van der Waals surface area contributed by atoms with Gasteiger partial charge in [-0.25, -0.2) is 9.97 Å². The monoisotopic (exact) mass is 417 g/mol. The Morgan fingerprint density at radius 1 is 1.09 bits per heavy atom. The predicted octanol–water partition coefficient (Wildman–Crippen LogP) is 6.59. The molecule has 0 aliphatic heterocycles. The number of aromatic nitrogens is 2. The first-order valence-corrected chi connectivity index (χ1v) is 9.26. The summed E-state index contributed by atoms with van der Waals surface area (Å²) in [5.74, 6) is 0.371. The molecule has 1 heterocycles. The van der Waals surface area contributed by atoms with E-state index in [0.29, 0.717) is 34.7 Å². The number of rotatable bonds is 5. The molecule has 0 spiro atoms. The quantitative estimate of drug-likeness (QED) is 0.557. The lowest BCUT2D eigenvalue weighted by atomic mass is 10.2. The van der Waals surface area contributed by atoms with Gasteiger partial charge in [0, 0.05) is 5.69 Å². The molecule has 2 rings (SSSR count). The van der Waals surface area contributed by atoms with Crippen molar-refractivity contribution in [3.8, 4) is 0 Å². The summed E-state index contributed by atoms with van der Waals surface area (Å²) in [7, 11) is -9.65. The summed E-state index contributed by atoms with van der Waals surface area (Å²) in [6.07, 6.45) is 2.84. The first kappa shape index (κ1) is 17.9. The number of nitrogens with zero attached hydrogens (tertiary/aromatic N) is 2. The molecule has 0 atom stereocenters. The molecule has 2 aromatic rings. The molecule has 1 N–H and O–H groups in total. The highest BCUT2D eigenvalue weighted by Gasteiger charge is 2.65. The van der Waals surface area contributed by atoms with Gasteiger partial charge in [-0.3, -0.25) is 0 Å². The number of hydrogen-bond acceptors (Lipinski definition) is 3. The maximum Gasteiger partial charge on any atom is 0.310 e. The van der Waals surface area contributed by atoms with Crippen LogP contribution < -0.4 is 5.32 Å². The van der Waals surface area contributed by atoms with Crippen molar-refractivity contribution in [3.63, 3.8) is 0 Å². The molecule has 0 unspecified atom stereocenters. The maximum absolute atomic E-state index is 12.7. The molecular weight excluding hydrogens is 405 g/mol. The first-order valence-electron chi connectivity index (χ1n) is 6.51. The Hall–Kier alpha value is -1.42. The number of anilines is 2. The molecule has 0 fully saturated rings. The fraction of sp³-hybridized carbons (Fsp3) is 0.231. The van der Waals surface area contributed by atoms with Gasteiger partial charge in [-0.15, -0.1) is 0 Å². The maximum atomic E-state index is 12.7. The van der Waals surface area contributed by atoms with Gasteiger partial charge in [0.2, 0.25) is 0 Å². The average molecular weight is 418 g/mol. The fourth-order valence-electron chi connectivity index (χ4n) is 1.85. The second kappa shape index (κ2) is 5.30. The minimum absolute atomic E-state index is 0.213. The van der Waals surface area contributed by atoms with Crippen molar-refractivity contribution in [1.82, 2.24) is 9.97 Å². The average Bonchev–Trinajstić information content (AvgIpc) is 2.40. The van der Waals surface area contributed by atoms with E-state index < -0.39 is 15.1 Å². The van der Waals surface area contributed by atoms with E-state index in [2.05, 4.69) is 31.2 Å². The highest BCUT2D eigenvalue weighted by atomic mass is 79.9. The third kappa shape index (κ3) is 4.77. The van der Waals surface area contributed by atoms with Crippen LogP contribution in [0.5, 0.6) is 0 Å². The number of aryl methyl sites for hydroxylation is 1. The van der Waals surface area contributed by atoms with Crippen LogP contribution in [0.2, 0.25) is 0 Å². The predicted molar refractivity (Wildman–Crippen MR) is 84.8 cm³/mol. The van der Waals surface area contributed by atoms with Crippen LogP contribution in [0.3, 0.4) is 0 Å². The van der Waals surface area contributed by atoms with Gasteiger partial charge in [0.15, 0.2) is 5.82 Å². The van der Waals surface area contributed by atoms with Crippen molar-refractivity contribution >= 4 is 37.7 Å². The van der Waals surface area contributed by atoms with Crippen LogP contribution >= 0.6 is 26.2 Å². The smallest absolute Gasteiger partial charge is 0.310 e. The summed E-state index contributed by atoms with van der Waals surface area (Å²) in [5, 5.41) is 2.79. The molecule has 3 nitrogen and oxygen atoms in total. The molecule has 10 heteroatoms. The summed E-state index contributed by atoms with van der Waals surface area (Å²) in [5.41, 5.74) is 0.836. The third-order valence-electron chi connectivity index (χ3n) is 2.86. The van der Waals surface area contributed by atoms with Crippen LogP contribution in [0.4, 0.5) is 30.9 Å². The van der Waals surface area contributed by atoms with Gasteiger partial charge >= 0.3 is 10.2 Å². The van der Waals surface area contributed by atoms with E-state index in [0.717, 1.165) is 18.6 Å². The van der Waals surface area contributed by atoms with Gasteiger partial charge in [-0.2, -0.15) is 0 Å². The number of halogens is 6. The van der Waals surface area contributed by atoms with E-state index >= 15 is 0 Å². The minimum Gasteiger partial charge on any atom is -0.339 e. The Labute approximate surface area is 138 Å². The van der Waals surface area contributed by atoms with Crippen LogP contribution in [0.1, 0.15) is 19.0 Å². The SMILES string of the molecule is CCCc1nc(Br)cnc1Nc1ccc(S(F)(F)(F)(F)F)cc1. The zero-order chi connectivity index (χ0) is 17.4. The highest BCUT2D eigenvalue weighted by molar-refractivity contribution is 9.10. The van der Waals surface area contributed by atoms with Crippen molar-refractivity contribution in [2.45, 2.75) is 24.7 Å². The Morgan fingerprint density at radius 2 is 1.70 bits per heavy atom. The van der Waals surface area contributed by atoms with E-state index in [4.69, 9.17) is 0 Å². The Morgan fingerprint density at radius 3 is 2.22 bits per heavy atom. The largest absolute Gasteiger partial charge is 0.339 e. The molecule has 0 amide bonds. The summed E-state index contributed by atoms with van der Waals surface area (Å²) < 4.78 is 63.9. The van der Waals surface area contributed by atoms with Gasteiger partial charge in [0.1, 0.15) is 9.50 Å². The van der Waals surface area contributed by atoms with Crippen LogP contribution in [0.25, 0.3) is 0 Å². The number of benzene rings is 1. The molecule has 0 radical (unpaired) electrons. The molecule has 1 aromatic heterocycles. The number of hydrogen-bond donors (Lipinski definition) is 1. The molecule has 1 aromatic carbocycles. The standard InChI is InChI=1S/C13H13BrF5N3S/c1-2-3-11-13(20-8-12(14)22-11)21-9-4-6-10(7-5-9)23(15,16,17,18)19/h4-8H,2-3H2,1H3,(H,20,21). The Balaban J connectivity index is 2.30. The molecule has 0 aliphatic rings. The van der Waals surface area contributed by atoms with E-state index in [9.17, 15) is 19.4 Å². The molecule has 0 saturated heterocycles. The lowest BCUT2D eigenvalue weighted by molar-refractivity contribution is 0.364. The van der Waals surface area contributed by atoms with Crippen molar-refractivity contribution in [2.75, 3.05) is 5.32 Å². The summed E-state index contributed by atoms with van der Waals surface area (Å²) in [6, 6.07) is 2.59. The van der Waals surface area contributed by atoms with Gasteiger partial charge in [-0.1, -0.05) is 32.8 Å². The fourth-order valence-corrected chi connectivity index (χ4v) is 2.82. The lowest BCUT2D eigenvalue weighted by Gasteiger charge is -2.40. The number of nitrogens with one attached hydrogen (secondary N) is 1. The van der Waals surface area contributed by atoms with Crippen molar-refractivity contribution < 1.29 is 19.4 Å². The summed E-state index contributed by atoms with van der Waals surface area (Å²) in [6.45, 7) is 1.94. The molecule has 0 bridgehead atoms. The molecule has 0 saturated carbocycles.